The lowest BCUT2D eigenvalue weighted by atomic mass is 10.1. The summed E-state index contributed by atoms with van der Waals surface area (Å²) in [6.07, 6.45) is -3.46. The van der Waals surface area contributed by atoms with Gasteiger partial charge >= 0.3 is 11.9 Å². The minimum absolute atomic E-state index is 0.0877. The van der Waals surface area contributed by atoms with Crippen LogP contribution in [0.4, 0.5) is 19.1 Å². The molecule has 0 aliphatic carbocycles. The molecule has 0 atom stereocenters. The van der Waals surface area contributed by atoms with Crippen LogP contribution in [0.3, 0.4) is 0 Å². The van der Waals surface area contributed by atoms with Gasteiger partial charge in [0.25, 0.3) is 0 Å². The van der Waals surface area contributed by atoms with Gasteiger partial charge in [-0.15, -0.1) is 0 Å². The molecular weight excluding hydrogens is 297 g/mol. The molecule has 0 fully saturated rings. The standard InChI is InChI=1S/C11H8ClF3N4O/c1-5-2-6(11(13,14)15)3-7(12)8(5)19-4-17-9(16)18-10(19)20/h2-4H,1H3,(H2,16,18,20). The highest BCUT2D eigenvalue weighted by molar-refractivity contribution is 6.32. The van der Waals surface area contributed by atoms with Crippen molar-refractivity contribution in [2.24, 2.45) is 0 Å². The van der Waals surface area contributed by atoms with Gasteiger partial charge in [-0.05, 0) is 24.6 Å². The number of alkyl halides is 3. The Labute approximate surface area is 115 Å². The average Bonchev–Trinajstić information content (AvgIpc) is 2.29. The van der Waals surface area contributed by atoms with E-state index in [2.05, 4.69) is 9.97 Å². The van der Waals surface area contributed by atoms with E-state index in [4.69, 9.17) is 17.3 Å². The first-order chi connectivity index (χ1) is 9.20. The van der Waals surface area contributed by atoms with E-state index in [1.165, 1.54) is 6.92 Å². The summed E-state index contributed by atoms with van der Waals surface area (Å²) >= 11 is 5.84. The van der Waals surface area contributed by atoms with E-state index in [1.54, 1.807) is 0 Å². The number of hydrogen-bond acceptors (Lipinski definition) is 4. The van der Waals surface area contributed by atoms with Gasteiger partial charge in [-0.3, -0.25) is 0 Å². The van der Waals surface area contributed by atoms with Gasteiger partial charge < -0.3 is 5.73 Å². The Morgan fingerprint density at radius 3 is 2.50 bits per heavy atom. The first-order valence-corrected chi connectivity index (χ1v) is 5.67. The van der Waals surface area contributed by atoms with Crippen molar-refractivity contribution in [3.8, 4) is 5.69 Å². The molecule has 2 rings (SSSR count). The Bertz CT molecular complexity index is 703. The molecule has 0 aliphatic rings. The molecular formula is C11H8ClF3N4O. The molecule has 0 unspecified atom stereocenters. The van der Waals surface area contributed by atoms with Crippen LogP contribution >= 0.6 is 11.6 Å². The van der Waals surface area contributed by atoms with Crippen LogP contribution in [0, 0.1) is 6.92 Å². The lowest BCUT2D eigenvalue weighted by Crippen LogP contribution is -2.24. The molecule has 0 saturated heterocycles. The van der Waals surface area contributed by atoms with Crippen molar-refractivity contribution in [3.63, 3.8) is 0 Å². The zero-order valence-corrected chi connectivity index (χ0v) is 10.8. The van der Waals surface area contributed by atoms with Crippen LogP contribution in [0.25, 0.3) is 5.69 Å². The van der Waals surface area contributed by atoms with Crippen molar-refractivity contribution in [2.75, 3.05) is 5.73 Å². The summed E-state index contributed by atoms with van der Waals surface area (Å²) in [6.45, 7) is 1.40. The highest BCUT2D eigenvalue weighted by Crippen LogP contribution is 2.34. The molecule has 5 nitrogen and oxygen atoms in total. The van der Waals surface area contributed by atoms with Crippen molar-refractivity contribution in [1.82, 2.24) is 14.5 Å². The lowest BCUT2D eigenvalue weighted by Gasteiger charge is -2.14. The van der Waals surface area contributed by atoms with E-state index in [9.17, 15) is 18.0 Å². The maximum atomic E-state index is 12.6. The molecule has 0 spiro atoms. The van der Waals surface area contributed by atoms with Crippen LogP contribution in [-0.2, 0) is 6.18 Å². The molecule has 1 aromatic carbocycles. The second-order valence-electron chi connectivity index (χ2n) is 3.99. The van der Waals surface area contributed by atoms with E-state index >= 15 is 0 Å². The van der Waals surface area contributed by atoms with E-state index in [-0.39, 0.29) is 22.2 Å². The molecule has 0 aliphatic heterocycles. The Morgan fingerprint density at radius 1 is 1.35 bits per heavy atom. The minimum Gasteiger partial charge on any atom is -0.368 e. The number of nitrogen functional groups attached to an aromatic ring is 1. The summed E-state index contributed by atoms with van der Waals surface area (Å²) in [6, 6.07) is 1.64. The number of benzene rings is 1. The highest BCUT2D eigenvalue weighted by Gasteiger charge is 2.32. The molecule has 106 valence electrons. The van der Waals surface area contributed by atoms with Crippen molar-refractivity contribution in [1.29, 1.82) is 0 Å². The fraction of sp³-hybridized carbons (Fsp3) is 0.182. The predicted molar refractivity (Wildman–Crippen MR) is 66.8 cm³/mol. The summed E-state index contributed by atoms with van der Waals surface area (Å²) < 4.78 is 38.9. The third-order valence-corrected chi connectivity index (χ3v) is 2.83. The van der Waals surface area contributed by atoms with Gasteiger partial charge in [0.15, 0.2) is 0 Å². The quantitative estimate of drug-likeness (QED) is 0.876. The Kier molecular flexibility index (Phi) is 3.43. The van der Waals surface area contributed by atoms with Crippen LogP contribution in [0.15, 0.2) is 23.3 Å². The molecule has 9 heteroatoms. The van der Waals surface area contributed by atoms with Gasteiger partial charge in [-0.2, -0.15) is 18.2 Å². The first-order valence-electron chi connectivity index (χ1n) is 5.29. The molecule has 20 heavy (non-hydrogen) atoms. The van der Waals surface area contributed by atoms with Crippen LogP contribution in [-0.4, -0.2) is 14.5 Å². The normalized spacial score (nSPS) is 11.7. The van der Waals surface area contributed by atoms with Crippen LogP contribution in [0.2, 0.25) is 5.02 Å². The number of hydrogen-bond donors (Lipinski definition) is 1. The van der Waals surface area contributed by atoms with E-state index in [1.807, 2.05) is 0 Å². The third-order valence-electron chi connectivity index (χ3n) is 2.54. The molecule has 1 aromatic heterocycles. The fourth-order valence-electron chi connectivity index (χ4n) is 1.71. The zero-order valence-electron chi connectivity index (χ0n) is 10.1. The Hall–Kier alpha value is -2.09. The minimum atomic E-state index is -4.52. The number of aromatic nitrogens is 3. The number of anilines is 1. The summed E-state index contributed by atoms with van der Waals surface area (Å²) in [5.74, 6) is -0.230. The molecule has 0 amide bonds. The van der Waals surface area contributed by atoms with Crippen LogP contribution < -0.4 is 11.4 Å². The largest absolute Gasteiger partial charge is 0.416 e. The molecule has 1 heterocycles. The maximum Gasteiger partial charge on any atom is 0.416 e. The summed E-state index contributed by atoms with van der Waals surface area (Å²) in [5, 5.41) is -0.229. The summed E-state index contributed by atoms with van der Waals surface area (Å²) in [4.78, 5) is 18.7. The van der Waals surface area contributed by atoms with E-state index in [0.29, 0.717) is 0 Å². The van der Waals surface area contributed by atoms with Crippen LogP contribution in [0.1, 0.15) is 11.1 Å². The van der Waals surface area contributed by atoms with Gasteiger partial charge in [-0.1, -0.05) is 11.6 Å². The summed E-state index contributed by atoms with van der Waals surface area (Å²) in [5.41, 5.74) is 3.83. The zero-order chi connectivity index (χ0) is 15.1. The number of aryl methyl sites for hydroxylation is 1. The van der Waals surface area contributed by atoms with Gasteiger partial charge in [0.1, 0.15) is 6.33 Å². The second kappa shape index (κ2) is 4.78. The van der Waals surface area contributed by atoms with Gasteiger partial charge in [0.05, 0.1) is 16.3 Å². The number of nitrogens with zero attached hydrogens (tertiary/aromatic N) is 3. The van der Waals surface area contributed by atoms with Crippen molar-refractivity contribution in [3.05, 3.63) is 45.1 Å². The third kappa shape index (κ3) is 2.60. The topological polar surface area (TPSA) is 73.8 Å². The Morgan fingerprint density at radius 2 is 2.00 bits per heavy atom. The average molecular weight is 305 g/mol. The molecule has 2 aromatic rings. The van der Waals surface area contributed by atoms with Crippen LogP contribution in [0.5, 0.6) is 0 Å². The van der Waals surface area contributed by atoms with Gasteiger partial charge in [0.2, 0.25) is 5.95 Å². The van der Waals surface area contributed by atoms with E-state index in [0.717, 1.165) is 23.0 Å². The second-order valence-corrected chi connectivity index (χ2v) is 4.40. The predicted octanol–water partition coefficient (Wildman–Crippen LogP) is 2.19. The first kappa shape index (κ1) is 14.3. The highest BCUT2D eigenvalue weighted by atomic mass is 35.5. The Balaban J connectivity index is 2.67. The lowest BCUT2D eigenvalue weighted by molar-refractivity contribution is -0.137. The summed E-state index contributed by atoms with van der Waals surface area (Å²) in [7, 11) is 0. The monoisotopic (exact) mass is 304 g/mol. The fourth-order valence-corrected chi connectivity index (χ4v) is 2.06. The van der Waals surface area contributed by atoms with Crippen molar-refractivity contribution < 1.29 is 13.2 Å². The number of nitrogens with two attached hydrogens (primary N) is 1. The molecule has 2 N–H and O–H groups in total. The van der Waals surface area contributed by atoms with Gasteiger partial charge in [0, 0.05) is 0 Å². The smallest absolute Gasteiger partial charge is 0.368 e. The van der Waals surface area contributed by atoms with Crippen molar-refractivity contribution >= 4 is 17.5 Å². The van der Waals surface area contributed by atoms with Crippen molar-refractivity contribution in [2.45, 2.75) is 13.1 Å². The van der Waals surface area contributed by atoms with E-state index < -0.39 is 17.4 Å². The van der Waals surface area contributed by atoms with Gasteiger partial charge in [-0.25, -0.2) is 14.3 Å². The molecule has 0 radical (unpaired) electrons. The molecule has 0 bridgehead atoms. The number of rotatable bonds is 1. The SMILES string of the molecule is Cc1cc(C(F)(F)F)cc(Cl)c1-n1cnc(N)nc1=O. The molecule has 0 saturated carbocycles. The number of halogens is 4. The maximum absolute atomic E-state index is 12.6.